The SMILES string of the molecule is NC(=O)CN(c1cc(C(=O)Nc2ccc(OC(F)(F)F)cc2)ccc1Cl)c1ncccc1Cl. The van der Waals surface area contributed by atoms with Gasteiger partial charge in [-0.3, -0.25) is 9.59 Å². The largest absolute Gasteiger partial charge is 0.573 e. The molecule has 7 nitrogen and oxygen atoms in total. The van der Waals surface area contributed by atoms with Gasteiger partial charge >= 0.3 is 6.36 Å². The van der Waals surface area contributed by atoms with Crippen LogP contribution in [-0.2, 0) is 4.79 Å². The molecule has 0 fully saturated rings. The van der Waals surface area contributed by atoms with Crippen LogP contribution in [0.15, 0.2) is 60.8 Å². The Labute approximate surface area is 195 Å². The van der Waals surface area contributed by atoms with E-state index in [9.17, 15) is 22.8 Å². The normalized spacial score (nSPS) is 11.1. The molecular formula is C21H15Cl2F3N4O3. The van der Waals surface area contributed by atoms with Crippen LogP contribution in [0.2, 0.25) is 10.0 Å². The number of primary amides is 1. The number of carbonyl (C=O) groups is 2. The van der Waals surface area contributed by atoms with Gasteiger partial charge in [-0.1, -0.05) is 23.2 Å². The van der Waals surface area contributed by atoms with E-state index in [1.54, 1.807) is 12.1 Å². The Morgan fingerprint density at radius 1 is 1.06 bits per heavy atom. The number of nitrogens with zero attached hydrogens (tertiary/aromatic N) is 2. The molecule has 0 bridgehead atoms. The monoisotopic (exact) mass is 498 g/mol. The molecule has 0 atom stereocenters. The fourth-order valence-electron chi connectivity index (χ4n) is 2.81. The van der Waals surface area contributed by atoms with Gasteiger partial charge < -0.3 is 20.7 Å². The number of pyridine rings is 1. The average molecular weight is 499 g/mol. The fraction of sp³-hybridized carbons (Fsp3) is 0.0952. The molecule has 0 radical (unpaired) electrons. The molecule has 3 rings (SSSR count). The van der Waals surface area contributed by atoms with Gasteiger partial charge in [-0.15, -0.1) is 13.2 Å². The fourth-order valence-corrected chi connectivity index (χ4v) is 3.25. The average Bonchev–Trinajstić information content (AvgIpc) is 2.73. The van der Waals surface area contributed by atoms with Crippen LogP contribution >= 0.6 is 23.2 Å². The zero-order chi connectivity index (χ0) is 24.2. The summed E-state index contributed by atoms with van der Waals surface area (Å²) in [5.41, 5.74) is 5.99. The van der Waals surface area contributed by atoms with E-state index in [-0.39, 0.29) is 39.3 Å². The highest BCUT2D eigenvalue weighted by atomic mass is 35.5. The smallest absolute Gasteiger partial charge is 0.406 e. The number of alkyl halides is 3. The van der Waals surface area contributed by atoms with E-state index in [0.717, 1.165) is 12.1 Å². The summed E-state index contributed by atoms with van der Waals surface area (Å²) >= 11 is 12.5. The number of rotatable bonds is 7. The van der Waals surface area contributed by atoms with Gasteiger partial charge in [0.2, 0.25) is 5.91 Å². The van der Waals surface area contributed by atoms with Crippen molar-refractivity contribution in [1.82, 2.24) is 4.98 Å². The quantitative estimate of drug-likeness (QED) is 0.468. The number of carbonyl (C=O) groups excluding carboxylic acids is 2. The van der Waals surface area contributed by atoms with E-state index in [2.05, 4.69) is 15.0 Å². The number of amides is 2. The Balaban J connectivity index is 1.87. The highest BCUT2D eigenvalue weighted by molar-refractivity contribution is 6.35. The number of nitrogens with two attached hydrogens (primary N) is 1. The number of benzene rings is 2. The Kier molecular flexibility index (Phi) is 7.29. The van der Waals surface area contributed by atoms with Gasteiger partial charge in [-0.05, 0) is 54.6 Å². The Morgan fingerprint density at radius 2 is 1.76 bits per heavy atom. The summed E-state index contributed by atoms with van der Waals surface area (Å²) in [4.78, 5) is 29.9. The highest BCUT2D eigenvalue weighted by Gasteiger charge is 2.31. The first-order valence-electron chi connectivity index (χ1n) is 9.16. The van der Waals surface area contributed by atoms with Crippen molar-refractivity contribution in [2.45, 2.75) is 6.36 Å². The number of ether oxygens (including phenoxy) is 1. The van der Waals surface area contributed by atoms with Crippen molar-refractivity contribution >= 4 is 52.2 Å². The van der Waals surface area contributed by atoms with Gasteiger partial charge in [-0.2, -0.15) is 0 Å². The number of nitrogens with one attached hydrogen (secondary N) is 1. The van der Waals surface area contributed by atoms with E-state index in [1.165, 1.54) is 41.4 Å². The molecule has 0 aliphatic heterocycles. The summed E-state index contributed by atoms with van der Waals surface area (Å²) in [6.45, 7) is -0.317. The zero-order valence-corrected chi connectivity index (χ0v) is 18.1. The number of hydrogen-bond donors (Lipinski definition) is 2. The van der Waals surface area contributed by atoms with Crippen LogP contribution < -0.4 is 20.7 Å². The van der Waals surface area contributed by atoms with Crippen molar-refractivity contribution < 1.29 is 27.5 Å². The zero-order valence-electron chi connectivity index (χ0n) is 16.6. The van der Waals surface area contributed by atoms with Crippen molar-refractivity contribution in [2.75, 3.05) is 16.8 Å². The second-order valence-electron chi connectivity index (χ2n) is 6.55. The minimum absolute atomic E-state index is 0.145. The number of hydrogen-bond acceptors (Lipinski definition) is 5. The Bertz CT molecular complexity index is 1170. The molecule has 1 aromatic heterocycles. The summed E-state index contributed by atoms with van der Waals surface area (Å²) in [5, 5.41) is 2.98. The molecule has 0 aliphatic rings. The van der Waals surface area contributed by atoms with E-state index < -0.39 is 23.9 Å². The predicted molar refractivity (Wildman–Crippen MR) is 118 cm³/mol. The minimum Gasteiger partial charge on any atom is -0.406 e. The summed E-state index contributed by atoms with van der Waals surface area (Å²) < 4.78 is 40.7. The van der Waals surface area contributed by atoms with Gasteiger partial charge in [-0.25, -0.2) is 4.98 Å². The third-order valence-electron chi connectivity index (χ3n) is 4.15. The van der Waals surface area contributed by atoms with Crippen LogP contribution in [0.5, 0.6) is 5.75 Å². The van der Waals surface area contributed by atoms with Gasteiger partial charge in [0.05, 0.1) is 15.7 Å². The molecule has 0 unspecified atom stereocenters. The van der Waals surface area contributed by atoms with E-state index >= 15 is 0 Å². The van der Waals surface area contributed by atoms with Crippen LogP contribution in [0.4, 0.5) is 30.4 Å². The topological polar surface area (TPSA) is 97.6 Å². The molecule has 2 aromatic carbocycles. The van der Waals surface area contributed by atoms with Crippen molar-refractivity contribution in [3.63, 3.8) is 0 Å². The standard InChI is InChI=1S/C21H15Cl2F3N4O3/c22-15-8-3-12(20(32)29-13-4-6-14(7-5-13)33-21(24,25)26)10-17(15)30(11-18(27)31)19-16(23)2-1-9-28-19/h1-10H,11H2,(H2,27,31)(H,29,32). The van der Waals surface area contributed by atoms with Gasteiger partial charge in [0.15, 0.2) is 5.82 Å². The summed E-state index contributed by atoms with van der Waals surface area (Å²) in [7, 11) is 0. The second kappa shape index (κ2) is 9.97. The molecule has 33 heavy (non-hydrogen) atoms. The first kappa shape index (κ1) is 24.1. The maximum absolute atomic E-state index is 12.7. The molecule has 0 saturated heterocycles. The Morgan fingerprint density at radius 3 is 2.36 bits per heavy atom. The number of halogens is 5. The van der Waals surface area contributed by atoms with Gasteiger partial charge in [0.1, 0.15) is 12.3 Å². The van der Waals surface area contributed by atoms with Crippen molar-refractivity contribution in [3.05, 3.63) is 76.4 Å². The van der Waals surface area contributed by atoms with Gasteiger partial charge in [0, 0.05) is 17.4 Å². The minimum atomic E-state index is -4.82. The van der Waals surface area contributed by atoms with Crippen molar-refractivity contribution in [1.29, 1.82) is 0 Å². The maximum atomic E-state index is 12.7. The van der Waals surface area contributed by atoms with Crippen LogP contribution in [0.3, 0.4) is 0 Å². The van der Waals surface area contributed by atoms with Gasteiger partial charge in [0.25, 0.3) is 5.91 Å². The lowest BCUT2D eigenvalue weighted by atomic mass is 10.1. The molecule has 1 heterocycles. The molecule has 0 saturated carbocycles. The number of aromatic nitrogens is 1. The molecule has 172 valence electrons. The molecular weight excluding hydrogens is 484 g/mol. The lowest BCUT2D eigenvalue weighted by Crippen LogP contribution is -2.31. The van der Waals surface area contributed by atoms with E-state index in [4.69, 9.17) is 28.9 Å². The van der Waals surface area contributed by atoms with E-state index in [0.29, 0.717) is 0 Å². The second-order valence-corrected chi connectivity index (χ2v) is 7.37. The Hall–Kier alpha value is -3.50. The third-order valence-corrected chi connectivity index (χ3v) is 4.77. The summed E-state index contributed by atoms with van der Waals surface area (Å²) in [5.74, 6) is -1.49. The molecule has 0 spiro atoms. The third kappa shape index (κ3) is 6.50. The summed E-state index contributed by atoms with van der Waals surface area (Å²) in [6.07, 6.45) is -3.36. The lowest BCUT2D eigenvalue weighted by Gasteiger charge is -2.24. The maximum Gasteiger partial charge on any atom is 0.573 e. The first-order valence-corrected chi connectivity index (χ1v) is 9.92. The molecule has 12 heteroatoms. The van der Waals surface area contributed by atoms with Crippen LogP contribution in [0.25, 0.3) is 0 Å². The predicted octanol–water partition coefficient (Wildman–Crippen LogP) is 5.16. The first-order chi connectivity index (χ1) is 15.5. The van der Waals surface area contributed by atoms with Crippen LogP contribution in [0.1, 0.15) is 10.4 Å². The highest BCUT2D eigenvalue weighted by Crippen LogP contribution is 2.35. The van der Waals surface area contributed by atoms with Crippen molar-refractivity contribution in [2.24, 2.45) is 5.73 Å². The molecule has 2 amide bonds. The van der Waals surface area contributed by atoms with E-state index in [1.807, 2.05) is 0 Å². The molecule has 0 aliphatic carbocycles. The number of anilines is 3. The lowest BCUT2D eigenvalue weighted by molar-refractivity contribution is -0.274. The molecule has 3 N–H and O–H groups in total. The molecule has 3 aromatic rings. The summed E-state index contributed by atoms with van der Waals surface area (Å²) in [6, 6.07) is 12.1. The van der Waals surface area contributed by atoms with Crippen LogP contribution in [-0.4, -0.2) is 29.7 Å². The van der Waals surface area contributed by atoms with Crippen molar-refractivity contribution in [3.8, 4) is 5.75 Å². The van der Waals surface area contributed by atoms with Crippen LogP contribution in [0, 0.1) is 0 Å².